The fourth-order valence-corrected chi connectivity index (χ4v) is 3.25. The van der Waals surface area contributed by atoms with Crippen LogP contribution in [0.4, 0.5) is 4.79 Å². The minimum atomic E-state index is -0.680. The lowest BCUT2D eigenvalue weighted by atomic mass is 9.99. The molecule has 1 aromatic carbocycles. The molecule has 0 spiro atoms. The highest BCUT2D eigenvalue weighted by atomic mass is 16.3. The van der Waals surface area contributed by atoms with E-state index in [1.807, 2.05) is 26.0 Å². The first-order chi connectivity index (χ1) is 10.9. The Kier molecular flexibility index (Phi) is 6.42. The molecule has 1 fully saturated rings. The number of amides is 2. The number of carbonyl (C=O) groups excluding carboxylic acids is 1. The van der Waals surface area contributed by atoms with Crippen molar-refractivity contribution in [2.45, 2.75) is 32.8 Å². The minimum Gasteiger partial charge on any atom is -0.387 e. The molecule has 1 aromatic rings. The zero-order chi connectivity index (χ0) is 16.8. The number of benzene rings is 1. The molecule has 0 radical (unpaired) electrons. The summed E-state index contributed by atoms with van der Waals surface area (Å²) >= 11 is 0. The van der Waals surface area contributed by atoms with E-state index in [2.05, 4.69) is 28.6 Å². The molecule has 23 heavy (non-hydrogen) atoms. The molecular weight excluding hydrogens is 290 g/mol. The Morgan fingerprint density at radius 2 is 2.00 bits per heavy atom. The molecule has 1 aliphatic rings. The van der Waals surface area contributed by atoms with Crippen molar-refractivity contribution < 1.29 is 9.90 Å². The van der Waals surface area contributed by atoms with Gasteiger partial charge in [-0.15, -0.1) is 0 Å². The maximum absolute atomic E-state index is 11.9. The number of hydrogen-bond acceptors (Lipinski definition) is 3. The van der Waals surface area contributed by atoms with Gasteiger partial charge >= 0.3 is 6.03 Å². The van der Waals surface area contributed by atoms with Gasteiger partial charge in [-0.25, -0.2) is 4.79 Å². The van der Waals surface area contributed by atoms with E-state index in [0.717, 1.165) is 36.2 Å². The molecule has 1 aliphatic heterocycles. The van der Waals surface area contributed by atoms with Crippen LogP contribution in [-0.2, 0) is 0 Å². The van der Waals surface area contributed by atoms with Gasteiger partial charge in [-0.2, -0.15) is 0 Å². The Hall–Kier alpha value is -1.59. The lowest BCUT2D eigenvalue weighted by molar-refractivity contribution is 0.171. The number of hydrogen-bond donors (Lipinski definition) is 3. The largest absolute Gasteiger partial charge is 0.387 e. The van der Waals surface area contributed by atoms with Crippen LogP contribution in [0.25, 0.3) is 0 Å². The second-order valence-electron chi connectivity index (χ2n) is 6.80. The van der Waals surface area contributed by atoms with Crippen molar-refractivity contribution in [1.82, 2.24) is 15.5 Å². The van der Waals surface area contributed by atoms with Crippen LogP contribution in [0.15, 0.2) is 18.2 Å². The van der Waals surface area contributed by atoms with E-state index in [0.29, 0.717) is 12.5 Å². The molecule has 0 saturated carbocycles. The second kappa shape index (κ2) is 8.31. The Bertz CT molecular complexity index is 513. The summed E-state index contributed by atoms with van der Waals surface area (Å²) in [6.07, 6.45) is 1.67. The summed E-state index contributed by atoms with van der Waals surface area (Å²) in [6.45, 7) is 7.10. The molecule has 5 heteroatoms. The minimum absolute atomic E-state index is 0.207. The number of rotatable bonds is 5. The Labute approximate surface area is 139 Å². The van der Waals surface area contributed by atoms with Gasteiger partial charge in [-0.3, -0.25) is 0 Å². The number of likely N-dealkylation sites (tertiary alicyclic amines) is 1. The number of piperidine rings is 1. The highest BCUT2D eigenvalue weighted by Crippen LogP contribution is 2.16. The second-order valence-corrected chi connectivity index (χ2v) is 6.80. The van der Waals surface area contributed by atoms with E-state index in [1.54, 1.807) is 0 Å². The summed E-state index contributed by atoms with van der Waals surface area (Å²) < 4.78 is 0. The molecule has 128 valence electrons. The monoisotopic (exact) mass is 319 g/mol. The van der Waals surface area contributed by atoms with Gasteiger partial charge in [0.15, 0.2) is 0 Å². The number of nitrogens with one attached hydrogen (secondary N) is 2. The van der Waals surface area contributed by atoms with Crippen molar-refractivity contribution >= 4 is 6.03 Å². The molecule has 0 bridgehead atoms. The first-order valence-electron chi connectivity index (χ1n) is 8.40. The van der Waals surface area contributed by atoms with Crippen molar-refractivity contribution in [1.29, 1.82) is 0 Å². The average molecular weight is 319 g/mol. The molecule has 2 rings (SSSR count). The molecule has 0 aliphatic carbocycles. The van der Waals surface area contributed by atoms with Gasteiger partial charge in [0.25, 0.3) is 0 Å². The van der Waals surface area contributed by atoms with Crippen molar-refractivity contribution in [3.05, 3.63) is 34.9 Å². The predicted molar refractivity (Wildman–Crippen MR) is 92.5 cm³/mol. The van der Waals surface area contributed by atoms with Crippen LogP contribution in [-0.4, -0.2) is 49.3 Å². The van der Waals surface area contributed by atoms with Crippen molar-refractivity contribution in [3.63, 3.8) is 0 Å². The van der Waals surface area contributed by atoms with Crippen LogP contribution in [0.1, 0.15) is 35.6 Å². The van der Waals surface area contributed by atoms with E-state index in [1.165, 1.54) is 6.42 Å². The average Bonchev–Trinajstić information content (AvgIpc) is 2.49. The zero-order valence-electron chi connectivity index (χ0n) is 14.4. The summed E-state index contributed by atoms with van der Waals surface area (Å²) in [4.78, 5) is 14.2. The summed E-state index contributed by atoms with van der Waals surface area (Å²) in [5.74, 6) is 0.517. The number of nitrogens with zero attached hydrogens (tertiary/aromatic N) is 1. The van der Waals surface area contributed by atoms with Gasteiger partial charge in [0, 0.05) is 19.6 Å². The molecule has 2 amide bonds. The van der Waals surface area contributed by atoms with Crippen LogP contribution < -0.4 is 10.6 Å². The Balaban J connectivity index is 1.73. The fraction of sp³-hybridized carbons (Fsp3) is 0.611. The number of urea groups is 1. The van der Waals surface area contributed by atoms with Crippen LogP contribution in [0.3, 0.4) is 0 Å². The predicted octanol–water partition coefficient (Wildman–Crippen LogP) is 1.98. The quantitative estimate of drug-likeness (QED) is 0.777. The summed E-state index contributed by atoms with van der Waals surface area (Å²) in [7, 11) is 2.12. The fourth-order valence-electron chi connectivity index (χ4n) is 3.25. The molecule has 1 heterocycles. The van der Waals surface area contributed by atoms with Crippen molar-refractivity contribution in [2.24, 2.45) is 5.92 Å². The molecule has 2 atom stereocenters. The smallest absolute Gasteiger partial charge is 0.314 e. The highest BCUT2D eigenvalue weighted by molar-refractivity contribution is 5.73. The number of carbonyl (C=O) groups is 1. The van der Waals surface area contributed by atoms with Crippen LogP contribution in [0.5, 0.6) is 0 Å². The van der Waals surface area contributed by atoms with Crippen molar-refractivity contribution in [3.8, 4) is 0 Å². The van der Waals surface area contributed by atoms with E-state index >= 15 is 0 Å². The van der Waals surface area contributed by atoms with E-state index < -0.39 is 6.10 Å². The lowest BCUT2D eigenvalue weighted by Gasteiger charge is -2.29. The lowest BCUT2D eigenvalue weighted by Crippen LogP contribution is -2.43. The molecule has 1 saturated heterocycles. The Morgan fingerprint density at radius 1 is 1.30 bits per heavy atom. The Morgan fingerprint density at radius 3 is 2.65 bits per heavy atom. The first-order valence-corrected chi connectivity index (χ1v) is 8.40. The molecule has 5 nitrogen and oxygen atoms in total. The van der Waals surface area contributed by atoms with Crippen LogP contribution in [0, 0.1) is 19.8 Å². The van der Waals surface area contributed by atoms with Gasteiger partial charge in [0.05, 0.1) is 6.10 Å². The van der Waals surface area contributed by atoms with Crippen LogP contribution >= 0.6 is 0 Å². The van der Waals surface area contributed by atoms with Crippen molar-refractivity contribution in [2.75, 3.05) is 33.2 Å². The number of aryl methyl sites for hydroxylation is 2. The zero-order valence-corrected chi connectivity index (χ0v) is 14.4. The van der Waals surface area contributed by atoms with Crippen LogP contribution in [0.2, 0.25) is 0 Å². The first kappa shape index (κ1) is 17.8. The van der Waals surface area contributed by atoms with E-state index in [9.17, 15) is 9.90 Å². The van der Waals surface area contributed by atoms with E-state index in [4.69, 9.17) is 0 Å². The van der Waals surface area contributed by atoms with Gasteiger partial charge in [0.1, 0.15) is 0 Å². The third-order valence-electron chi connectivity index (χ3n) is 4.36. The SMILES string of the molecule is Cc1cc(C)cc([C@@H](O)CNC(=O)NC[C@H]2CCCN(C)C2)c1. The van der Waals surface area contributed by atoms with Gasteiger partial charge < -0.3 is 20.6 Å². The van der Waals surface area contributed by atoms with E-state index in [-0.39, 0.29) is 12.6 Å². The highest BCUT2D eigenvalue weighted by Gasteiger charge is 2.18. The number of aliphatic hydroxyl groups is 1. The number of aliphatic hydroxyl groups excluding tert-OH is 1. The van der Waals surface area contributed by atoms with Gasteiger partial charge in [-0.05, 0) is 51.8 Å². The maximum atomic E-state index is 11.9. The summed E-state index contributed by atoms with van der Waals surface area (Å²) in [6, 6.07) is 5.77. The molecule has 3 N–H and O–H groups in total. The van der Waals surface area contributed by atoms with Gasteiger partial charge in [-0.1, -0.05) is 29.3 Å². The maximum Gasteiger partial charge on any atom is 0.314 e. The summed E-state index contributed by atoms with van der Waals surface area (Å²) in [5.41, 5.74) is 3.08. The standard InChI is InChI=1S/C18H29N3O2/c1-13-7-14(2)9-16(8-13)17(22)11-20-18(23)19-10-15-5-4-6-21(3)12-15/h7-9,15,17,22H,4-6,10-12H2,1-3H3,(H2,19,20,23)/t15-,17+/m1/s1. The molecular formula is C18H29N3O2. The summed E-state index contributed by atoms with van der Waals surface area (Å²) in [5, 5.41) is 15.9. The van der Waals surface area contributed by atoms with Gasteiger partial charge in [0.2, 0.25) is 0 Å². The third kappa shape index (κ3) is 5.84. The molecule has 0 aromatic heterocycles. The third-order valence-corrected chi connectivity index (χ3v) is 4.36. The normalized spacial score (nSPS) is 20.1. The topological polar surface area (TPSA) is 64.6 Å². The molecule has 0 unspecified atom stereocenters.